The minimum absolute atomic E-state index is 0.151. The second-order valence-corrected chi connectivity index (χ2v) is 7.58. The molecule has 0 spiro atoms. The molecule has 2 aromatic rings. The molecule has 28 heavy (non-hydrogen) atoms. The van der Waals surface area contributed by atoms with Crippen molar-refractivity contribution in [2.75, 3.05) is 20.6 Å². The van der Waals surface area contributed by atoms with Gasteiger partial charge in [0.15, 0.2) is 5.69 Å². The molecule has 1 fully saturated rings. The first-order valence-corrected chi connectivity index (χ1v) is 10.00. The van der Waals surface area contributed by atoms with E-state index >= 15 is 0 Å². The molecule has 150 valence electrons. The van der Waals surface area contributed by atoms with Crippen molar-refractivity contribution in [3.05, 3.63) is 47.8 Å². The normalized spacial score (nSPS) is 16.8. The van der Waals surface area contributed by atoms with E-state index in [0.29, 0.717) is 18.7 Å². The third-order valence-corrected chi connectivity index (χ3v) is 5.27. The van der Waals surface area contributed by atoms with E-state index in [2.05, 4.69) is 27.3 Å². The number of nitrogens with zero attached hydrogens (tertiary/aromatic N) is 5. The summed E-state index contributed by atoms with van der Waals surface area (Å²) in [7, 11) is 3.39. The molecular formula is C21H29N5O2. The Bertz CT molecular complexity index is 787. The maximum Gasteiger partial charge on any atom is 0.275 e. The van der Waals surface area contributed by atoms with Gasteiger partial charge in [-0.1, -0.05) is 35.5 Å². The highest BCUT2D eigenvalue weighted by molar-refractivity contribution is 5.91. The number of likely N-dealkylation sites (tertiary alicyclic amines) is 1. The maximum atomic E-state index is 12.8. The molecule has 7 heteroatoms. The third-order valence-electron chi connectivity index (χ3n) is 5.27. The number of hydrogen-bond acceptors (Lipinski definition) is 4. The molecule has 0 bridgehead atoms. The first kappa shape index (κ1) is 20.0. The van der Waals surface area contributed by atoms with E-state index in [-0.39, 0.29) is 17.9 Å². The van der Waals surface area contributed by atoms with Crippen LogP contribution < -0.4 is 0 Å². The van der Waals surface area contributed by atoms with Gasteiger partial charge in [0, 0.05) is 39.6 Å². The van der Waals surface area contributed by atoms with Gasteiger partial charge in [-0.25, -0.2) is 0 Å². The Labute approximate surface area is 166 Å². The van der Waals surface area contributed by atoms with Gasteiger partial charge in [-0.15, -0.1) is 5.10 Å². The van der Waals surface area contributed by atoms with Crippen LogP contribution in [0.1, 0.15) is 48.2 Å². The molecule has 0 aliphatic carbocycles. The van der Waals surface area contributed by atoms with E-state index in [1.54, 1.807) is 25.0 Å². The van der Waals surface area contributed by atoms with Gasteiger partial charge in [0.05, 0.1) is 6.20 Å². The van der Waals surface area contributed by atoms with Crippen LogP contribution >= 0.6 is 0 Å². The molecular weight excluding hydrogens is 354 g/mol. The van der Waals surface area contributed by atoms with Gasteiger partial charge in [-0.05, 0) is 37.7 Å². The molecule has 0 saturated carbocycles. The van der Waals surface area contributed by atoms with Crippen LogP contribution in [0.3, 0.4) is 0 Å². The monoisotopic (exact) mass is 383 g/mol. The zero-order valence-corrected chi connectivity index (χ0v) is 16.8. The largest absolute Gasteiger partial charge is 0.343 e. The summed E-state index contributed by atoms with van der Waals surface area (Å²) in [5, 5.41) is 8.03. The molecule has 3 rings (SSSR count). The first-order chi connectivity index (χ1) is 13.5. The fourth-order valence-electron chi connectivity index (χ4n) is 3.68. The number of amides is 2. The Kier molecular flexibility index (Phi) is 6.79. The van der Waals surface area contributed by atoms with Crippen LogP contribution in [0.5, 0.6) is 0 Å². The lowest BCUT2D eigenvalue weighted by molar-refractivity contribution is -0.135. The van der Waals surface area contributed by atoms with Crippen molar-refractivity contribution in [1.29, 1.82) is 0 Å². The Balaban J connectivity index is 1.54. The molecule has 0 radical (unpaired) electrons. The SMILES string of the molecule is CN(C)C(=O)c1cn(CCC2CCCCN2C(=O)CCc2ccccc2)nn1. The number of benzene rings is 1. The Hall–Kier alpha value is -2.70. The fraction of sp³-hybridized carbons (Fsp3) is 0.524. The van der Waals surface area contributed by atoms with Crippen molar-refractivity contribution in [3.63, 3.8) is 0 Å². The number of piperidine rings is 1. The molecule has 0 N–H and O–H groups in total. The van der Waals surface area contributed by atoms with Gasteiger partial charge in [0.2, 0.25) is 5.91 Å². The lowest BCUT2D eigenvalue weighted by atomic mass is 9.98. The molecule has 1 aromatic carbocycles. The molecule has 1 saturated heterocycles. The van der Waals surface area contributed by atoms with Crippen LogP contribution in [-0.2, 0) is 17.8 Å². The van der Waals surface area contributed by atoms with E-state index in [9.17, 15) is 9.59 Å². The predicted molar refractivity (Wildman–Crippen MR) is 107 cm³/mol. The summed E-state index contributed by atoms with van der Waals surface area (Å²) in [5.41, 5.74) is 1.55. The molecule has 2 heterocycles. The molecule has 7 nitrogen and oxygen atoms in total. The number of hydrogen-bond donors (Lipinski definition) is 0. The van der Waals surface area contributed by atoms with E-state index in [0.717, 1.165) is 38.6 Å². The summed E-state index contributed by atoms with van der Waals surface area (Å²) in [6, 6.07) is 10.4. The number of aryl methyl sites for hydroxylation is 2. The highest BCUT2D eigenvalue weighted by Gasteiger charge is 2.26. The summed E-state index contributed by atoms with van der Waals surface area (Å²) < 4.78 is 1.71. The molecule has 2 amide bonds. The zero-order valence-electron chi connectivity index (χ0n) is 16.8. The van der Waals surface area contributed by atoms with Gasteiger partial charge in [0.1, 0.15) is 0 Å². The standard InChI is InChI=1S/C21H29N5O2/c1-24(2)21(28)19-16-25(23-22-19)15-13-18-10-6-7-14-26(18)20(27)12-11-17-8-4-3-5-9-17/h3-5,8-9,16,18H,6-7,10-15H2,1-2H3. The van der Waals surface area contributed by atoms with Crippen LogP contribution in [0, 0.1) is 0 Å². The van der Waals surface area contributed by atoms with Gasteiger partial charge in [-0.3, -0.25) is 14.3 Å². The van der Waals surface area contributed by atoms with Crippen LogP contribution in [0.25, 0.3) is 0 Å². The molecule has 1 aliphatic rings. The molecule has 1 aromatic heterocycles. The molecule has 1 unspecified atom stereocenters. The summed E-state index contributed by atoms with van der Waals surface area (Å²) in [6.45, 7) is 1.49. The molecule has 1 aliphatic heterocycles. The quantitative estimate of drug-likeness (QED) is 0.736. The predicted octanol–water partition coefficient (Wildman–Crippen LogP) is 2.38. The van der Waals surface area contributed by atoms with E-state index in [1.807, 2.05) is 18.2 Å². The summed E-state index contributed by atoms with van der Waals surface area (Å²) in [4.78, 5) is 28.3. The Morgan fingerprint density at radius 2 is 1.96 bits per heavy atom. The van der Waals surface area contributed by atoms with Crippen LogP contribution in [0.4, 0.5) is 0 Å². The van der Waals surface area contributed by atoms with E-state index in [1.165, 1.54) is 10.5 Å². The zero-order chi connectivity index (χ0) is 19.9. The third kappa shape index (κ3) is 5.18. The molecule has 1 atom stereocenters. The van der Waals surface area contributed by atoms with Gasteiger partial charge in [0.25, 0.3) is 5.91 Å². The maximum absolute atomic E-state index is 12.8. The number of carbonyl (C=O) groups is 2. The summed E-state index contributed by atoms with van der Waals surface area (Å²) >= 11 is 0. The summed E-state index contributed by atoms with van der Waals surface area (Å²) in [6.07, 6.45) is 7.08. The van der Waals surface area contributed by atoms with Gasteiger partial charge < -0.3 is 9.80 Å². The topological polar surface area (TPSA) is 71.3 Å². The first-order valence-electron chi connectivity index (χ1n) is 10.00. The van der Waals surface area contributed by atoms with Crippen LogP contribution in [0.15, 0.2) is 36.5 Å². The minimum atomic E-state index is -0.151. The lowest BCUT2D eigenvalue weighted by Crippen LogP contribution is -2.44. The second kappa shape index (κ2) is 9.48. The average Bonchev–Trinajstić information content (AvgIpc) is 3.19. The summed E-state index contributed by atoms with van der Waals surface area (Å²) in [5.74, 6) is 0.0808. The number of carbonyl (C=O) groups excluding carboxylic acids is 2. The Morgan fingerprint density at radius 3 is 2.71 bits per heavy atom. The lowest BCUT2D eigenvalue weighted by Gasteiger charge is -2.36. The van der Waals surface area contributed by atoms with E-state index in [4.69, 9.17) is 0 Å². The van der Waals surface area contributed by atoms with Crippen molar-refractivity contribution in [3.8, 4) is 0 Å². The van der Waals surface area contributed by atoms with Gasteiger partial charge >= 0.3 is 0 Å². The fourth-order valence-corrected chi connectivity index (χ4v) is 3.68. The van der Waals surface area contributed by atoms with Crippen molar-refractivity contribution in [2.45, 2.75) is 51.1 Å². The van der Waals surface area contributed by atoms with Crippen molar-refractivity contribution >= 4 is 11.8 Å². The smallest absolute Gasteiger partial charge is 0.275 e. The van der Waals surface area contributed by atoms with Gasteiger partial charge in [-0.2, -0.15) is 0 Å². The van der Waals surface area contributed by atoms with Crippen molar-refractivity contribution in [2.24, 2.45) is 0 Å². The Morgan fingerprint density at radius 1 is 1.18 bits per heavy atom. The number of aromatic nitrogens is 3. The van der Waals surface area contributed by atoms with Crippen LogP contribution in [0.2, 0.25) is 0 Å². The van der Waals surface area contributed by atoms with Crippen LogP contribution in [-0.4, -0.2) is 63.3 Å². The minimum Gasteiger partial charge on any atom is -0.343 e. The van der Waals surface area contributed by atoms with E-state index < -0.39 is 0 Å². The van der Waals surface area contributed by atoms with Crippen molar-refractivity contribution < 1.29 is 9.59 Å². The highest BCUT2D eigenvalue weighted by Crippen LogP contribution is 2.21. The number of rotatable bonds is 7. The highest BCUT2D eigenvalue weighted by atomic mass is 16.2. The van der Waals surface area contributed by atoms with Crippen molar-refractivity contribution in [1.82, 2.24) is 24.8 Å². The second-order valence-electron chi connectivity index (χ2n) is 7.58. The average molecular weight is 383 g/mol.